The van der Waals surface area contributed by atoms with Gasteiger partial charge in [-0.15, -0.1) is 0 Å². The van der Waals surface area contributed by atoms with Crippen molar-refractivity contribution in [2.24, 2.45) is 0 Å². The molecule has 2 aromatic carbocycles. The Hall–Kier alpha value is -2.35. The Morgan fingerprint density at radius 3 is 2.12 bits per heavy atom. The van der Waals surface area contributed by atoms with E-state index in [9.17, 15) is 0 Å². The maximum Gasteiger partial charge on any atom is 0.119 e. The number of ether oxygens (including phenoxy) is 1. The van der Waals surface area contributed by atoms with Crippen LogP contribution in [0.4, 0.5) is 0 Å². The van der Waals surface area contributed by atoms with Crippen LogP contribution < -0.4 is 4.74 Å². The first kappa shape index (κ1) is 17.5. The number of hydrogen-bond donors (Lipinski definition) is 0. The molecule has 1 saturated heterocycles. The first-order valence-corrected chi connectivity index (χ1v) is 8.95. The largest absolute Gasteiger partial charge is 0.492 e. The maximum atomic E-state index is 8.80. The van der Waals surface area contributed by atoms with E-state index >= 15 is 0 Å². The van der Waals surface area contributed by atoms with Crippen molar-refractivity contribution in [3.63, 3.8) is 0 Å². The molecule has 0 atom stereocenters. The lowest BCUT2D eigenvalue weighted by molar-refractivity contribution is 0.118. The van der Waals surface area contributed by atoms with Gasteiger partial charge >= 0.3 is 0 Å². The summed E-state index contributed by atoms with van der Waals surface area (Å²) in [5, 5.41) is 8.80. The van der Waals surface area contributed by atoms with Crippen molar-refractivity contribution in [2.75, 3.05) is 45.9 Å². The standard InChI is InChI=1S/C21H25N3O/c22-18-20-6-8-21(9-7-20)25-17-16-24-14-12-23(13-15-24)11-10-19-4-2-1-3-5-19/h1-9H,10-17H2. The fourth-order valence-electron chi connectivity index (χ4n) is 3.09. The van der Waals surface area contributed by atoms with Crippen LogP contribution in [0.1, 0.15) is 11.1 Å². The number of rotatable bonds is 7. The molecule has 0 radical (unpaired) electrons. The predicted octanol–water partition coefficient (Wildman–Crippen LogP) is 2.80. The second-order valence-corrected chi connectivity index (χ2v) is 6.40. The monoisotopic (exact) mass is 335 g/mol. The lowest BCUT2D eigenvalue weighted by Gasteiger charge is -2.34. The molecule has 0 bridgehead atoms. The van der Waals surface area contributed by atoms with Gasteiger partial charge < -0.3 is 9.64 Å². The molecular weight excluding hydrogens is 310 g/mol. The van der Waals surface area contributed by atoms with Crippen LogP contribution in [0.3, 0.4) is 0 Å². The van der Waals surface area contributed by atoms with Gasteiger partial charge in [-0.1, -0.05) is 30.3 Å². The lowest BCUT2D eigenvalue weighted by Crippen LogP contribution is -2.47. The molecule has 1 aliphatic rings. The van der Waals surface area contributed by atoms with E-state index in [0.29, 0.717) is 12.2 Å². The third-order valence-electron chi connectivity index (χ3n) is 4.68. The van der Waals surface area contributed by atoms with Gasteiger partial charge in [-0.3, -0.25) is 4.90 Å². The van der Waals surface area contributed by atoms with Gasteiger partial charge in [0.1, 0.15) is 12.4 Å². The summed E-state index contributed by atoms with van der Waals surface area (Å²) in [4.78, 5) is 5.01. The third kappa shape index (κ3) is 5.60. The summed E-state index contributed by atoms with van der Waals surface area (Å²) in [6, 6.07) is 20.1. The molecule has 0 aromatic heterocycles. The Bertz CT molecular complexity index is 671. The SMILES string of the molecule is N#Cc1ccc(OCCN2CCN(CCc3ccccc3)CC2)cc1. The molecule has 0 unspecified atom stereocenters. The minimum absolute atomic E-state index is 0.666. The van der Waals surface area contributed by atoms with Gasteiger partial charge in [-0.2, -0.15) is 5.26 Å². The molecular formula is C21H25N3O. The molecule has 0 amide bonds. The number of hydrogen-bond acceptors (Lipinski definition) is 4. The van der Waals surface area contributed by atoms with Crippen LogP contribution in [-0.4, -0.2) is 55.7 Å². The van der Waals surface area contributed by atoms with E-state index in [1.807, 2.05) is 12.1 Å². The van der Waals surface area contributed by atoms with E-state index in [-0.39, 0.29) is 0 Å². The summed E-state index contributed by atoms with van der Waals surface area (Å²) in [6.07, 6.45) is 1.13. The molecule has 1 fully saturated rings. The van der Waals surface area contributed by atoms with Gasteiger partial charge in [0.2, 0.25) is 0 Å². The van der Waals surface area contributed by atoms with E-state index in [0.717, 1.165) is 51.4 Å². The van der Waals surface area contributed by atoms with Crippen LogP contribution in [0, 0.1) is 11.3 Å². The van der Waals surface area contributed by atoms with Crippen molar-refractivity contribution >= 4 is 0 Å². The number of nitriles is 1. The highest BCUT2D eigenvalue weighted by Crippen LogP contribution is 2.12. The fraction of sp³-hybridized carbons (Fsp3) is 0.381. The van der Waals surface area contributed by atoms with Gasteiger partial charge in [0, 0.05) is 39.3 Å². The topological polar surface area (TPSA) is 39.5 Å². The summed E-state index contributed by atoms with van der Waals surface area (Å²) in [6.45, 7) is 7.24. The highest BCUT2D eigenvalue weighted by molar-refractivity contribution is 5.34. The van der Waals surface area contributed by atoms with E-state index in [1.165, 1.54) is 5.56 Å². The molecule has 1 aliphatic heterocycles. The summed E-state index contributed by atoms with van der Waals surface area (Å²) < 4.78 is 5.78. The van der Waals surface area contributed by atoms with E-state index in [1.54, 1.807) is 12.1 Å². The van der Waals surface area contributed by atoms with Crippen LogP contribution >= 0.6 is 0 Å². The molecule has 0 saturated carbocycles. The first-order chi connectivity index (χ1) is 12.3. The lowest BCUT2D eigenvalue weighted by atomic mass is 10.1. The molecule has 0 N–H and O–H groups in total. The second kappa shape index (κ2) is 9.22. The summed E-state index contributed by atoms with van der Waals surface area (Å²) in [5.74, 6) is 0.834. The molecule has 4 heteroatoms. The van der Waals surface area contributed by atoms with Crippen LogP contribution in [-0.2, 0) is 6.42 Å². The zero-order chi connectivity index (χ0) is 17.3. The molecule has 0 spiro atoms. The number of benzene rings is 2. The molecule has 2 aromatic rings. The van der Waals surface area contributed by atoms with Gasteiger partial charge in [0.05, 0.1) is 11.6 Å². The van der Waals surface area contributed by atoms with Gasteiger partial charge in [0.15, 0.2) is 0 Å². The minimum Gasteiger partial charge on any atom is -0.492 e. The zero-order valence-corrected chi connectivity index (χ0v) is 14.6. The molecule has 25 heavy (non-hydrogen) atoms. The highest BCUT2D eigenvalue weighted by atomic mass is 16.5. The fourth-order valence-corrected chi connectivity index (χ4v) is 3.09. The maximum absolute atomic E-state index is 8.80. The van der Waals surface area contributed by atoms with Crippen molar-refractivity contribution in [3.8, 4) is 11.8 Å². The average molecular weight is 335 g/mol. The summed E-state index contributed by atoms with van der Waals surface area (Å²) >= 11 is 0. The average Bonchev–Trinajstić information content (AvgIpc) is 2.69. The Morgan fingerprint density at radius 2 is 1.48 bits per heavy atom. The van der Waals surface area contributed by atoms with Crippen molar-refractivity contribution in [1.82, 2.24) is 9.80 Å². The normalized spacial score (nSPS) is 15.6. The van der Waals surface area contributed by atoms with Gasteiger partial charge in [-0.05, 0) is 36.2 Å². The zero-order valence-electron chi connectivity index (χ0n) is 14.6. The Kier molecular flexibility index (Phi) is 6.44. The second-order valence-electron chi connectivity index (χ2n) is 6.40. The number of nitrogens with zero attached hydrogens (tertiary/aromatic N) is 3. The predicted molar refractivity (Wildman–Crippen MR) is 99.7 cm³/mol. The smallest absolute Gasteiger partial charge is 0.119 e. The van der Waals surface area contributed by atoms with E-state index in [4.69, 9.17) is 10.00 Å². The van der Waals surface area contributed by atoms with Gasteiger partial charge in [0.25, 0.3) is 0 Å². The summed E-state index contributed by atoms with van der Waals surface area (Å²) in [5.41, 5.74) is 2.08. The summed E-state index contributed by atoms with van der Waals surface area (Å²) in [7, 11) is 0. The van der Waals surface area contributed by atoms with Crippen molar-refractivity contribution in [2.45, 2.75) is 6.42 Å². The Morgan fingerprint density at radius 1 is 0.840 bits per heavy atom. The van der Waals surface area contributed by atoms with Crippen LogP contribution in [0.2, 0.25) is 0 Å². The Labute approximate surface area is 150 Å². The van der Waals surface area contributed by atoms with Crippen LogP contribution in [0.25, 0.3) is 0 Å². The van der Waals surface area contributed by atoms with Crippen molar-refractivity contribution in [1.29, 1.82) is 5.26 Å². The first-order valence-electron chi connectivity index (χ1n) is 8.95. The highest BCUT2D eigenvalue weighted by Gasteiger charge is 2.16. The molecule has 0 aliphatic carbocycles. The van der Waals surface area contributed by atoms with E-state index < -0.39 is 0 Å². The van der Waals surface area contributed by atoms with Crippen molar-refractivity contribution < 1.29 is 4.74 Å². The van der Waals surface area contributed by atoms with Gasteiger partial charge in [-0.25, -0.2) is 0 Å². The van der Waals surface area contributed by atoms with Crippen molar-refractivity contribution in [3.05, 3.63) is 65.7 Å². The Balaban J connectivity index is 1.31. The molecule has 4 nitrogen and oxygen atoms in total. The molecule has 1 heterocycles. The minimum atomic E-state index is 0.666. The molecule has 130 valence electrons. The quantitative estimate of drug-likeness (QED) is 0.780. The molecule has 3 rings (SSSR count). The van der Waals surface area contributed by atoms with Crippen LogP contribution in [0.5, 0.6) is 5.75 Å². The van der Waals surface area contributed by atoms with Crippen LogP contribution in [0.15, 0.2) is 54.6 Å². The van der Waals surface area contributed by atoms with E-state index in [2.05, 4.69) is 46.2 Å². The number of piperazine rings is 1. The third-order valence-corrected chi connectivity index (χ3v) is 4.68.